The maximum atomic E-state index is 7.85. The third kappa shape index (κ3) is 5.33. The molecular weight excluding hydrogens is 697 g/mol. The van der Waals surface area contributed by atoms with Crippen LogP contribution in [0.1, 0.15) is 0 Å². The van der Waals surface area contributed by atoms with Crippen molar-refractivity contribution in [2.24, 2.45) is 0 Å². The average molecular weight is 727 g/mol. The summed E-state index contributed by atoms with van der Waals surface area (Å²) in [6, 6.07) is 62.3. The van der Waals surface area contributed by atoms with Crippen LogP contribution in [-0.4, -0.2) is 24.5 Å². The van der Waals surface area contributed by atoms with E-state index >= 15 is 0 Å². The molecule has 0 N–H and O–H groups in total. The van der Waals surface area contributed by atoms with Crippen molar-refractivity contribution in [2.45, 2.75) is 0 Å². The van der Waals surface area contributed by atoms with Crippen LogP contribution in [0.2, 0.25) is 0 Å². The third-order valence-electron chi connectivity index (χ3n) is 10.8. The molecule has 0 radical (unpaired) electrons. The Labute approximate surface area is 327 Å². The lowest BCUT2D eigenvalue weighted by Crippen LogP contribution is -2.01. The molecule has 0 aliphatic rings. The smallest absolute Gasteiger partial charge is 0.188 e. The molecule has 0 fully saturated rings. The monoisotopic (exact) mass is 726 g/mol. The second-order valence-electron chi connectivity index (χ2n) is 14.1. The summed E-state index contributed by atoms with van der Waals surface area (Å²) in [6.45, 7) is 7.85. The highest BCUT2D eigenvalue weighted by Gasteiger charge is 2.22. The molecule has 11 aromatic rings. The summed E-state index contributed by atoms with van der Waals surface area (Å²) in [6.07, 6.45) is 0. The number of hydrogen-bond donors (Lipinski definition) is 0. The average Bonchev–Trinajstić information content (AvgIpc) is 3.61. The summed E-state index contributed by atoms with van der Waals surface area (Å²) in [5.41, 5.74) is 8.57. The van der Waals surface area contributed by atoms with E-state index in [2.05, 4.69) is 94.3 Å². The van der Waals surface area contributed by atoms with E-state index < -0.39 is 0 Å². The first-order valence-electron chi connectivity index (χ1n) is 18.8. The minimum Gasteiger partial charge on any atom is -0.294 e. The van der Waals surface area contributed by atoms with Crippen LogP contribution in [0.3, 0.4) is 0 Å². The van der Waals surface area contributed by atoms with Crippen LogP contribution in [0.5, 0.6) is 0 Å². The molecule has 57 heavy (non-hydrogen) atoms. The molecule has 3 aromatic heterocycles. The van der Waals surface area contributed by atoms with E-state index in [9.17, 15) is 0 Å². The van der Waals surface area contributed by atoms with E-state index in [0.29, 0.717) is 23.2 Å². The van der Waals surface area contributed by atoms with Gasteiger partial charge in [-0.15, -0.1) is 0 Å². The van der Waals surface area contributed by atoms with Crippen LogP contribution in [0.4, 0.5) is 5.69 Å². The Morgan fingerprint density at radius 1 is 0.386 bits per heavy atom. The van der Waals surface area contributed by atoms with E-state index in [-0.39, 0.29) is 0 Å². The van der Waals surface area contributed by atoms with Crippen molar-refractivity contribution in [1.82, 2.24) is 24.5 Å². The van der Waals surface area contributed by atoms with Gasteiger partial charge in [0.2, 0.25) is 0 Å². The fourth-order valence-electron chi connectivity index (χ4n) is 8.26. The summed E-state index contributed by atoms with van der Waals surface area (Å²) in [5, 5.41) is 7.43. The maximum Gasteiger partial charge on any atom is 0.188 e. The number of nitrogens with zero attached hydrogens (tertiary/aromatic N) is 6. The second-order valence-corrected chi connectivity index (χ2v) is 14.1. The maximum absolute atomic E-state index is 7.85. The van der Waals surface area contributed by atoms with Crippen molar-refractivity contribution < 1.29 is 0 Å². The lowest BCUT2D eigenvalue weighted by molar-refractivity contribution is 1.08. The standard InChI is InChI=1S/C51H30N6/c1-52-36-26-28-45-42(31-36)41-30-35(24-27-44(41)57(45)46-29-25-32-14-8-13-23-43(32)53-46)47-37-19-9-11-21-39(37)48(40-22-12-10-20-38(40)47)51-55-49(33-15-4-2-5-16-33)54-50(56-51)34-17-6-3-7-18-34/h2-31H. The molecule has 0 aliphatic carbocycles. The summed E-state index contributed by atoms with van der Waals surface area (Å²) in [7, 11) is 0. The predicted molar refractivity (Wildman–Crippen MR) is 232 cm³/mol. The van der Waals surface area contributed by atoms with Gasteiger partial charge in [0.05, 0.1) is 23.1 Å². The molecule has 11 rings (SSSR count). The van der Waals surface area contributed by atoms with E-state index in [1.54, 1.807) is 0 Å². The molecular formula is C51H30N6. The molecule has 0 amide bonds. The van der Waals surface area contributed by atoms with Crippen LogP contribution in [0.15, 0.2) is 182 Å². The minimum atomic E-state index is 0.598. The van der Waals surface area contributed by atoms with Gasteiger partial charge in [0.1, 0.15) is 5.82 Å². The van der Waals surface area contributed by atoms with Gasteiger partial charge in [-0.05, 0) is 80.5 Å². The van der Waals surface area contributed by atoms with Gasteiger partial charge in [0.15, 0.2) is 23.2 Å². The van der Waals surface area contributed by atoms with E-state index in [1.165, 1.54) is 0 Å². The number of pyridine rings is 1. The minimum absolute atomic E-state index is 0.598. The molecule has 6 nitrogen and oxygen atoms in total. The molecule has 0 bridgehead atoms. The number of fused-ring (bicyclic) bond motifs is 6. The Morgan fingerprint density at radius 3 is 1.54 bits per heavy atom. The molecule has 8 aromatic carbocycles. The zero-order valence-corrected chi connectivity index (χ0v) is 30.5. The molecule has 0 aliphatic heterocycles. The van der Waals surface area contributed by atoms with Gasteiger partial charge in [0, 0.05) is 27.5 Å². The SMILES string of the molecule is [C-]#[N+]c1ccc2c(c1)c1cc(-c3c4ccccc4c(-c4nc(-c5ccccc5)nc(-c5ccccc5)n4)c4ccccc34)ccc1n2-c1ccc2ccccc2n1. The number of hydrogen-bond acceptors (Lipinski definition) is 4. The quantitative estimate of drug-likeness (QED) is 0.131. The van der Waals surface area contributed by atoms with Gasteiger partial charge in [0.25, 0.3) is 0 Å². The first-order chi connectivity index (χ1) is 28.2. The summed E-state index contributed by atoms with van der Waals surface area (Å²) >= 11 is 0. The number of para-hydroxylation sites is 1. The van der Waals surface area contributed by atoms with Crippen molar-refractivity contribution in [3.63, 3.8) is 0 Å². The van der Waals surface area contributed by atoms with Crippen LogP contribution < -0.4 is 0 Å². The van der Waals surface area contributed by atoms with Crippen LogP contribution in [-0.2, 0) is 0 Å². The van der Waals surface area contributed by atoms with Crippen LogP contribution >= 0.6 is 0 Å². The zero-order chi connectivity index (χ0) is 37.9. The highest BCUT2D eigenvalue weighted by atomic mass is 15.1. The van der Waals surface area contributed by atoms with Crippen LogP contribution in [0, 0.1) is 6.57 Å². The molecule has 6 heteroatoms. The number of benzene rings is 8. The second kappa shape index (κ2) is 13.1. The Morgan fingerprint density at radius 2 is 0.912 bits per heavy atom. The molecule has 3 heterocycles. The molecule has 0 unspecified atom stereocenters. The first-order valence-corrected chi connectivity index (χ1v) is 18.8. The molecule has 0 atom stereocenters. The van der Waals surface area contributed by atoms with Gasteiger partial charge < -0.3 is 0 Å². The summed E-state index contributed by atoms with van der Waals surface area (Å²) in [4.78, 5) is 24.3. The highest BCUT2D eigenvalue weighted by molar-refractivity contribution is 6.22. The van der Waals surface area contributed by atoms with Gasteiger partial charge in [-0.25, -0.2) is 24.8 Å². The van der Waals surface area contributed by atoms with Gasteiger partial charge in [-0.1, -0.05) is 140 Å². The lowest BCUT2D eigenvalue weighted by atomic mass is 9.87. The predicted octanol–water partition coefficient (Wildman–Crippen LogP) is 13.0. The number of aromatic nitrogens is 5. The first kappa shape index (κ1) is 32.4. The Bertz CT molecular complexity index is 3300. The van der Waals surface area contributed by atoms with Crippen molar-refractivity contribution in [3.05, 3.63) is 193 Å². The van der Waals surface area contributed by atoms with Gasteiger partial charge >= 0.3 is 0 Å². The van der Waals surface area contributed by atoms with Crippen molar-refractivity contribution >= 4 is 59.9 Å². The van der Waals surface area contributed by atoms with Gasteiger partial charge in [-0.3, -0.25) is 4.57 Å². The normalized spacial score (nSPS) is 11.5. The largest absolute Gasteiger partial charge is 0.294 e. The van der Waals surface area contributed by atoms with Crippen molar-refractivity contribution in [3.8, 4) is 51.1 Å². The lowest BCUT2D eigenvalue weighted by Gasteiger charge is -2.18. The van der Waals surface area contributed by atoms with E-state index in [0.717, 1.165) is 87.9 Å². The van der Waals surface area contributed by atoms with E-state index in [1.807, 2.05) is 97.1 Å². The molecule has 0 saturated heterocycles. The molecule has 264 valence electrons. The zero-order valence-electron chi connectivity index (χ0n) is 30.5. The van der Waals surface area contributed by atoms with Crippen molar-refractivity contribution in [1.29, 1.82) is 0 Å². The Kier molecular flexibility index (Phi) is 7.44. The topological polar surface area (TPSA) is 60.9 Å². The summed E-state index contributed by atoms with van der Waals surface area (Å²) < 4.78 is 2.21. The third-order valence-corrected chi connectivity index (χ3v) is 10.8. The fourth-order valence-corrected chi connectivity index (χ4v) is 8.26. The van der Waals surface area contributed by atoms with Crippen molar-refractivity contribution in [2.75, 3.05) is 0 Å². The molecule has 0 spiro atoms. The highest BCUT2D eigenvalue weighted by Crippen LogP contribution is 2.45. The fraction of sp³-hybridized carbons (Fsp3) is 0. The Balaban J connectivity index is 1.18. The van der Waals surface area contributed by atoms with Crippen LogP contribution in [0.25, 0.3) is 110 Å². The van der Waals surface area contributed by atoms with Gasteiger partial charge in [-0.2, -0.15) is 0 Å². The summed E-state index contributed by atoms with van der Waals surface area (Å²) in [5.74, 6) is 2.70. The number of rotatable bonds is 5. The molecule has 0 saturated carbocycles. The van der Waals surface area contributed by atoms with E-state index in [4.69, 9.17) is 26.5 Å². The Hall–Kier alpha value is -8.01.